The number of fused-ring (bicyclic) bond motifs is 1. The molecule has 3 aromatic carbocycles. The number of rotatable bonds is 8. The van der Waals surface area contributed by atoms with Crippen LogP contribution >= 0.6 is 0 Å². The number of amides is 2. The molecule has 6 heteroatoms. The summed E-state index contributed by atoms with van der Waals surface area (Å²) in [4.78, 5) is 29.6. The van der Waals surface area contributed by atoms with Crippen LogP contribution in [0.3, 0.4) is 0 Å². The zero-order valence-corrected chi connectivity index (χ0v) is 22.7. The number of benzene rings is 3. The zero-order chi connectivity index (χ0) is 27.4. The van der Waals surface area contributed by atoms with Crippen LogP contribution in [-0.4, -0.2) is 35.2 Å². The second-order valence-corrected chi connectivity index (χ2v) is 10.3. The molecular weight excluding hydrogens is 488 g/mol. The van der Waals surface area contributed by atoms with Gasteiger partial charge in [0.15, 0.2) is 5.76 Å². The first-order valence-electron chi connectivity index (χ1n) is 13.4. The summed E-state index contributed by atoms with van der Waals surface area (Å²) in [5.41, 5.74) is 4.44. The number of furan rings is 1. The van der Waals surface area contributed by atoms with Gasteiger partial charge in [-0.3, -0.25) is 9.59 Å². The van der Waals surface area contributed by atoms with Gasteiger partial charge in [-0.25, -0.2) is 0 Å². The van der Waals surface area contributed by atoms with Crippen LogP contribution in [0.2, 0.25) is 0 Å². The summed E-state index contributed by atoms with van der Waals surface area (Å²) >= 11 is 0. The van der Waals surface area contributed by atoms with Crippen LogP contribution < -0.4 is 4.74 Å². The van der Waals surface area contributed by atoms with Crippen molar-refractivity contribution in [3.05, 3.63) is 125 Å². The highest BCUT2D eigenvalue weighted by atomic mass is 16.5. The molecule has 1 aromatic heterocycles. The highest BCUT2D eigenvalue weighted by Gasteiger charge is 2.33. The first-order chi connectivity index (χ1) is 18.9. The zero-order valence-electron chi connectivity index (χ0n) is 22.7. The third-order valence-electron chi connectivity index (χ3n) is 7.10. The molecule has 1 atom stereocenters. The quantitative estimate of drug-likeness (QED) is 0.274. The van der Waals surface area contributed by atoms with E-state index in [4.69, 9.17) is 9.15 Å². The van der Waals surface area contributed by atoms with E-state index < -0.39 is 0 Å². The summed E-state index contributed by atoms with van der Waals surface area (Å²) in [7, 11) is 1.76. The van der Waals surface area contributed by atoms with Crippen molar-refractivity contribution >= 4 is 11.8 Å². The van der Waals surface area contributed by atoms with Crippen LogP contribution in [0.4, 0.5) is 0 Å². The van der Waals surface area contributed by atoms with Gasteiger partial charge in [0, 0.05) is 26.1 Å². The summed E-state index contributed by atoms with van der Waals surface area (Å²) in [6.07, 6.45) is 0.803. The van der Waals surface area contributed by atoms with Crippen LogP contribution in [0.15, 0.2) is 95.4 Å². The Kier molecular flexibility index (Phi) is 7.82. The largest absolute Gasteiger partial charge is 0.486 e. The molecule has 0 saturated heterocycles. The summed E-state index contributed by atoms with van der Waals surface area (Å²) in [6.45, 7) is 5.27. The minimum Gasteiger partial charge on any atom is -0.486 e. The molecule has 6 nitrogen and oxygen atoms in total. The molecule has 2 amide bonds. The van der Waals surface area contributed by atoms with Crippen LogP contribution in [-0.2, 0) is 24.4 Å². The standard InChI is InChI=1S/C33H34N2O4/c1-23(2)32(36)35-19-18-25-14-15-27(20-29(25)31(35)26-12-8-5-9-13-26)38-22-28-16-17-30(39-28)33(37)34(3)21-24-10-6-4-7-11-24/h4-17,20,23,31H,18-19,21-22H2,1-3H3. The van der Waals surface area contributed by atoms with Gasteiger partial charge in [0.2, 0.25) is 5.91 Å². The van der Waals surface area contributed by atoms with Crippen molar-refractivity contribution < 1.29 is 18.7 Å². The molecule has 2 heterocycles. The molecule has 0 N–H and O–H groups in total. The predicted octanol–water partition coefficient (Wildman–Crippen LogP) is 6.26. The first-order valence-corrected chi connectivity index (χ1v) is 13.4. The van der Waals surface area contributed by atoms with E-state index in [1.807, 2.05) is 79.4 Å². The molecule has 0 spiro atoms. The first kappa shape index (κ1) is 26.3. The lowest BCUT2D eigenvalue weighted by Crippen LogP contribution is -2.42. The summed E-state index contributed by atoms with van der Waals surface area (Å²) in [6, 6.07) is 29.4. The van der Waals surface area contributed by atoms with E-state index in [-0.39, 0.29) is 36.1 Å². The van der Waals surface area contributed by atoms with Gasteiger partial charge in [0.05, 0.1) is 6.04 Å². The maximum Gasteiger partial charge on any atom is 0.289 e. The topological polar surface area (TPSA) is 63.0 Å². The number of carbonyl (C=O) groups is 2. The second kappa shape index (κ2) is 11.6. The lowest BCUT2D eigenvalue weighted by molar-refractivity contribution is -0.136. The molecule has 4 aromatic rings. The average molecular weight is 523 g/mol. The lowest BCUT2D eigenvalue weighted by Gasteiger charge is -2.39. The minimum absolute atomic E-state index is 0.0835. The van der Waals surface area contributed by atoms with Crippen molar-refractivity contribution in [3.63, 3.8) is 0 Å². The molecule has 0 fully saturated rings. The average Bonchev–Trinajstić information content (AvgIpc) is 3.44. The molecule has 1 unspecified atom stereocenters. The molecule has 1 aliphatic heterocycles. The second-order valence-electron chi connectivity index (χ2n) is 10.3. The fraction of sp³-hybridized carbons (Fsp3) is 0.273. The minimum atomic E-state index is -0.181. The number of carbonyl (C=O) groups excluding carboxylic acids is 2. The van der Waals surface area contributed by atoms with Crippen molar-refractivity contribution in [2.75, 3.05) is 13.6 Å². The normalized spacial score (nSPS) is 14.7. The fourth-order valence-electron chi connectivity index (χ4n) is 5.09. The van der Waals surface area contributed by atoms with Crippen LogP contribution in [0, 0.1) is 5.92 Å². The van der Waals surface area contributed by atoms with Gasteiger partial charge >= 0.3 is 0 Å². The molecular formula is C33H34N2O4. The highest BCUT2D eigenvalue weighted by molar-refractivity contribution is 5.91. The van der Waals surface area contributed by atoms with Crippen molar-refractivity contribution in [2.45, 2.75) is 39.5 Å². The van der Waals surface area contributed by atoms with Gasteiger partial charge < -0.3 is 19.0 Å². The van der Waals surface area contributed by atoms with E-state index in [1.165, 1.54) is 5.56 Å². The number of hydrogen-bond donors (Lipinski definition) is 0. The summed E-state index contributed by atoms with van der Waals surface area (Å²) < 4.78 is 11.9. The van der Waals surface area contributed by atoms with E-state index in [1.54, 1.807) is 24.1 Å². The summed E-state index contributed by atoms with van der Waals surface area (Å²) in [5, 5.41) is 0. The third-order valence-corrected chi connectivity index (χ3v) is 7.10. The van der Waals surface area contributed by atoms with Crippen LogP contribution in [0.1, 0.15) is 58.5 Å². The van der Waals surface area contributed by atoms with Gasteiger partial charge in [0.1, 0.15) is 18.1 Å². The monoisotopic (exact) mass is 522 g/mol. The molecule has 0 saturated carbocycles. The smallest absolute Gasteiger partial charge is 0.289 e. The predicted molar refractivity (Wildman–Crippen MR) is 150 cm³/mol. The Labute approximate surface area is 229 Å². The fourth-order valence-corrected chi connectivity index (χ4v) is 5.09. The number of hydrogen-bond acceptors (Lipinski definition) is 4. The van der Waals surface area contributed by atoms with Crippen molar-refractivity contribution in [3.8, 4) is 5.75 Å². The maximum absolute atomic E-state index is 13.1. The Balaban J connectivity index is 1.31. The van der Waals surface area contributed by atoms with Gasteiger partial charge in [0.25, 0.3) is 5.91 Å². The molecule has 0 radical (unpaired) electrons. The van der Waals surface area contributed by atoms with E-state index in [2.05, 4.69) is 18.2 Å². The van der Waals surface area contributed by atoms with E-state index in [9.17, 15) is 9.59 Å². The Bertz CT molecular complexity index is 1430. The van der Waals surface area contributed by atoms with Crippen molar-refractivity contribution in [2.24, 2.45) is 5.92 Å². The number of nitrogens with zero attached hydrogens (tertiary/aromatic N) is 2. The van der Waals surface area contributed by atoms with Crippen molar-refractivity contribution in [1.29, 1.82) is 0 Å². The molecule has 5 rings (SSSR count). The molecule has 0 aliphatic carbocycles. The van der Waals surface area contributed by atoms with Gasteiger partial charge in [-0.05, 0) is 52.9 Å². The Morgan fingerprint density at radius 1 is 0.974 bits per heavy atom. The lowest BCUT2D eigenvalue weighted by atomic mass is 9.87. The van der Waals surface area contributed by atoms with Gasteiger partial charge in [-0.2, -0.15) is 0 Å². The van der Waals surface area contributed by atoms with E-state index in [0.717, 1.165) is 23.1 Å². The number of ether oxygens (including phenoxy) is 1. The molecule has 39 heavy (non-hydrogen) atoms. The van der Waals surface area contributed by atoms with Crippen molar-refractivity contribution in [1.82, 2.24) is 9.80 Å². The van der Waals surface area contributed by atoms with Crippen LogP contribution in [0.25, 0.3) is 0 Å². The summed E-state index contributed by atoms with van der Waals surface area (Å²) in [5.74, 6) is 1.42. The van der Waals surface area contributed by atoms with E-state index >= 15 is 0 Å². The van der Waals surface area contributed by atoms with Gasteiger partial charge in [-0.1, -0.05) is 80.6 Å². The van der Waals surface area contributed by atoms with Crippen LogP contribution in [0.5, 0.6) is 5.75 Å². The molecule has 1 aliphatic rings. The maximum atomic E-state index is 13.1. The third kappa shape index (κ3) is 5.90. The Hall–Kier alpha value is -4.32. The van der Waals surface area contributed by atoms with E-state index in [0.29, 0.717) is 24.6 Å². The molecule has 0 bridgehead atoms. The highest BCUT2D eigenvalue weighted by Crippen LogP contribution is 2.38. The SMILES string of the molecule is CC(C)C(=O)N1CCc2ccc(OCc3ccc(C(=O)N(C)Cc4ccccc4)o3)cc2C1c1ccccc1. The Morgan fingerprint density at radius 3 is 2.41 bits per heavy atom. The Morgan fingerprint density at radius 2 is 1.69 bits per heavy atom. The molecule has 200 valence electrons. The van der Waals surface area contributed by atoms with Gasteiger partial charge in [-0.15, -0.1) is 0 Å².